The summed E-state index contributed by atoms with van der Waals surface area (Å²) in [6, 6.07) is 26.7. The molecule has 44 heavy (non-hydrogen) atoms. The van der Waals surface area contributed by atoms with Crippen LogP contribution >= 0.6 is 11.6 Å². The molecule has 0 radical (unpaired) electrons. The fourth-order valence-corrected chi connectivity index (χ4v) is 6.60. The lowest BCUT2D eigenvalue weighted by molar-refractivity contribution is -0.132. The number of piperazine rings is 1. The second-order valence-electron chi connectivity index (χ2n) is 12.2. The van der Waals surface area contributed by atoms with Gasteiger partial charge < -0.3 is 19.9 Å². The maximum atomic E-state index is 14.1. The molecule has 0 saturated carbocycles. The summed E-state index contributed by atoms with van der Waals surface area (Å²) >= 11 is 6.20. The smallest absolute Gasteiger partial charge is 0.251 e. The van der Waals surface area contributed by atoms with Gasteiger partial charge in [0.25, 0.3) is 5.91 Å². The standard InChI is InChI=1S/C37H44ClN3O3/c1-26(29-13-5-4-6-14-29)11-9-21-40(3)37(43)36-32(23-31-24-41(27(2)42)25-34(36)39-31)30-19-17-28(18-20-30)12-10-22-44-35-16-8-7-15-33(35)38/h4-8,13-20,26,31,34,39H,9-12,21-25H2,1-3H3/t26?,31-,34-/m1/s1. The molecular weight excluding hydrogens is 570 g/mol. The summed E-state index contributed by atoms with van der Waals surface area (Å²) in [5.41, 5.74) is 5.55. The van der Waals surface area contributed by atoms with Crippen LogP contribution in [0.2, 0.25) is 5.02 Å². The fourth-order valence-electron chi connectivity index (χ4n) is 6.41. The van der Waals surface area contributed by atoms with Gasteiger partial charge in [0.1, 0.15) is 5.75 Å². The number of ether oxygens (including phenoxy) is 1. The number of nitrogens with one attached hydrogen (secondary N) is 1. The highest BCUT2D eigenvalue weighted by Crippen LogP contribution is 2.34. The lowest BCUT2D eigenvalue weighted by atomic mass is 9.82. The Morgan fingerprint density at radius 2 is 1.73 bits per heavy atom. The number of amides is 2. The quantitative estimate of drug-likeness (QED) is 0.230. The van der Waals surface area contributed by atoms with E-state index in [1.807, 2.05) is 47.2 Å². The highest BCUT2D eigenvalue weighted by molar-refractivity contribution is 6.32. The van der Waals surface area contributed by atoms with Crippen molar-refractivity contribution in [3.63, 3.8) is 0 Å². The molecule has 2 aliphatic heterocycles. The first kappa shape index (κ1) is 31.8. The van der Waals surface area contributed by atoms with Gasteiger partial charge in [0.05, 0.1) is 17.7 Å². The molecule has 232 valence electrons. The molecule has 1 unspecified atom stereocenters. The number of benzene rings is 3. The van der Waals surface area contributed by atoms with Crippen molar-refractivity contribution >= 4 is 29.0 Å². The number of aryl methyl sites for hydroxylation is 1. The fraction of sp³-hybridized carbons (Fsp3) is 0.405. The van der Waals surface area contributed by atoms with Crippen molar-refractivity contribution in [2.24, 2.45) is 0 Å². The molecule has 2 aliphatic rings. The monoisotopic (exact) mass is 613 g/mol. The molecule has 1 fully saturated rings. The Balaban J connectivity index is 1.27. The largest absolute Gasteiger partial charge is 0.492 e. The third-order valence-corrected chi connectivity index (χ3v) is 9.25. The van der Waals surface area contributed by atoms with Crippen molar-refractivity contribution in [2.45, 2.75) is 64.0 Å². The zero-order valence-corrected chi connectivity index (χ0v) is 26.9. The van der Waals surface area contributed by atoms with Gasteiger partial charge >= 0.3 is 0 Å². The van der Waals surface area contributed by atoms with Crippen LogP contribution in [0.4, 0.5) is 0 Å². The Hall–Kier alpha value is -3.61. The van der Waals surface area contributed by atoms with Crippen molar-refractivity contribution < 1.29 is 14.3 Å². The van der Waals surface area contributed by atoms with Crippen LogP contribution in [0.25, 0.3) is 5.57 Å². The average Bonchev–Trinajstić information content (AvgIpc) is 3.03. The van der Waals surface area contributed by atoms with E-state index in [9.17, 15) is 9.59 Å². The maximum Gasteiger partial charge on any atom is 0.251 e. The van der Waals surface area contributed by atoms with Crippen LogP contribution in [0.5, 0.6) is 5.75 Å². The first-order valence-electron chi connectivity index (χ1n) is 15.8. The molecule has 0 spiro atoms. The second kappa shape index (κ2) is 14.9. The van der Waals surface area contributed by atoms with E-state index in [1.165, 1.54) is 11.1 Å². The summed E-state index contributed by atoms with van der Waals surface area (Å²) in [6.45, 7) is 6.32. The van der Waals surface area contributed by atoms with E-state index < -0.39 is 0 Å². The molecule has 3 aromatic rings. The van der Waals surface area contributed by atoms with Gasteiger partial charge in [-0.25, -0.2) is 0 Å². The number of likely N-dealkylation sites (N-methyl/N-ethyl adjacent to an activating group) is 1. The van der Waals surface area contributed by atoms with Gasteiger partial charge in [-0.2, -0.15) is 0 Å². The molecule has 2 amide bonds. The number of carbonyl (C=O) groups excluding carboxylic acids is 2. The van der Waals surface area contributed by atoms with Gasteiger partial charge in [0.15, 0.2) is 0 Å². The Morgan fingerprint density at radius 3 is 2.45 bits per heavy atom. The second-order valence-corrected chi connectivity index (χ2v) is 12.6. The van der Waals surface area contributed by atoms with E-state index in [-0.39, 0.29) is 23.9 Å². The van der Waals surface area contributed by atoms with Crippen molar-refractivity contribution in [3.8, 4) is 5.75 Å². The van der Waals surface area contributed by atoms with Crippen molar-refractivity contribution in [1.82, 2.24) is 15.1 Å². The summed E-state index contributed by atoms with van der Waals surface area (Å²) in [5, 5.41) is 4.29. The molecule has 2 bridgehead atoms. The summed E-state index contributed by atoms with van der Waals surface area (Å²) < 4.78 is 5.85. The van der Waals surface area contributed by atoms with Gasteiger partial charge in [0, 0.05) is 45.2 Å². The summed E-state index contributed by atoms with van der Waals surface area (Å²) in [5.74, 6) is 1.26. The van der Waals surface area contributed by atoms with E-state index in [0.717, 1.165) is 42.4 Å². The number of hydrogen-bond acceptors (Lipinski definition) is 4. The minimum atomic E-state index is -0.179. The predicted molar refractivity (Wildman–Crippen MR) is 178 cm³/mol. The van der Waals surface area contributed by atoms with Crippen LogP contribution in [0.15, 0.2) is 84.4 Å². The Bertz CT molecular complexity index is 1460. The number of halogens is 1. The van der Waals surface area contributed by atoms with Crippen LogP contribution in [-0.4, -0.2) is 67.0 Å². The van der Waals surface area contributed by atoms with Gasteiger partial charge in [-0.15, -0.1) is 0 Å². The number of carbonyl (C=O) groups is 2. The predicted octanol–water partition coefficient (Wildman–Crippen LogP) is 6.74. The molecule has 1 saturated heterocycles. The average molecular weight is 614 g/mol. The third-order valence-electron chi connectivity index (χ3n) is 8.93. The molecule has 3 aromatic carbocycles. The molecule has 6 nitrogen and oxygen atoms in total. The SMILES string of the molecule is CC(=O)N1C[C@H]2CC(c3ccc(CCCOc4ccccc4Cl)cc3)=C(C(=O)N(C)CCCC(C)c3ccccc3)[C@@H](C1)N2. The number of hydrogen-bond donors (Lipinski definition) is 1. The van der Waals surface area contributed by atoms with E-state index in [0.29, 0.717) is 49.4 Å². The van der Waals surface area contributed by atoms with Crippen LogP contribution in [0.1, 0.15) is 62.1 Å². The molecule has 5 rings (SSSR count). The van der Waals surface area contributed by atoms with Gasteiger partial charge in [0.2, 0.25) is 5.91 Å². The van der Waals surface area contributed by atoms with Crippen molar-refractivity contribution in [1.29, 1.82) is 0 Å². The topological polar surface area (TPSA) is 61.9 Å². The molecule has 2 heterocycles. The number of nitrogens with zero attached hydrogens (tertiary/aromatic N) is 2. The minimum Gasteiger partial charge on any atom is -0.492 e. The molecule has 7 heteroatoms. The highest BCUT2D eigenvalue weighted by Gasteiger charge is 2.39. The summed E-state index contributed by atoms with van der Waals surface area (Å²) in [7, 11) is 1.91. The zero-order valence-electron chi connectivity index (χ0n) is 26.1. The normalized spacial score (nSPS) is 18.6. The lowest BCUT2D eigenvalue weighted by Gasteiger charge is -2.44. The molecule has 0 aromatic heterocycles. The first-order chi connectivity index (χ1) is 21.3. The van der Waals surface area contributed by atoms with Gasteiger partial charge in [-0.3, -0.25) is 9.59 Å². The molecular formula is C37H44ClN3O3. The van der Waals surface area contributed by atoms with E-state index in [4.69, 9.17) is 16.3 Å². The summed E-state index contributed by atoms with van der Waals surface area (Å²) in [4.78, 5) is 30.2. The Labute approximate surface area is 267 Å². The maximum absolute atomic E-state index is 14.1. The molecule has 0 aliphatic carbocycles. The van der Waals surface area contributed by atoms with E-state index in [2.05, 4.69) is 60.8 Å². The zero-order chi connectivity index (χ0) is 31.1. The Kier molecular flexibility index (Phi) is 10.8. The van der Waals surface area contributed by atoms with Crippen LogP contribution < -0.4 is 10.1 Å². The van der Waals surface area contributed by atoms with Crippen LogP contribution in [-0.2, 0) is 16.0 Å². The van der Waals surface area contributed by atoms with Crippen molar-refractivity contribution in [3.05, 3.63) is 106 Å². The van der Waals surface area contributed by atoms with Crippen LogP contribution in [0, 0.1) is 0 Å². The third kappa shape index (κ3) is 7.91. The van der Waals surface area contributed by atoms with Gasteiger partial charge in [-0.1, -0.05) is 85.3 Å². The summed E-state index contributed by atoms with van der Waals surface area (Å²) in [6.07, 6.45) is 4.42. The molecule has 3 atom stereocenters. The molecule has 1 N–H and O–H groups in total. The van der Waals surface area contributed by atoms with E-state index >= 15 is 0 Å². The lowest BCUT2D eigenvalue weighted by Crippen LogP contribution is -2.61. The number of fused-ring (bicyclic) bond motifs is 2. The first-order valence-corrected chi connectivity index (χ1v) is 16.2. The minimum absolute atomic E-state index is 0.0505. The Morgan fingerprint density at radius 1 is 1.00 bits per heavy atom. The number of rotatable bonds is 12. The number of para-hydroxylation sites is 1. The highest BCUT2D eigenvalue weighted by atomic mass is 35.5. The van der Waals surface area contributed by atoms with Crippen molar-refractivity contribution in [2.75, 3.05) is 33.3 Å². The van der Waals surface area contributed by atoms with Gasteiger partial charge in [-0.05, 0) is 72.4 Å². The van der Waals surface area contributed by atoms with E-state index in [1.54, 1.807) is 6.92 Å². The van der Waals surface area contributed by atoms with Crippen LogP contribution in [0.3, 0.4) is 0 Å².